The number of aliphatic hydroxyl groups is 1. The molecule has 2 aromatic rings. The second-order valence-corrected chi connectivity index (χ2v) is 8.46. The number of aromatic hydroxyl groups is 1. The fourth-order valence-corrected chi connectivity index (χ4v) is 4.80. The second kappa shape index (κ2) is 7.40. The molecule has 2 N–H and O–H groups in total. The van der Waals surface area contributed by atoms with Crippen molar-refractivity contribution in [1.82, 2.24) is 4.90 Å². The maximum Gasteiger partial charge on any atom is 0.257 e. The van der Waals surface area contributed by atoms with Crippen molar-refractivity contribution in [2.24, 2.45) is 11.8 Å². The van der Waals surface area contributed by atoms with E-state index in [2.05, 4.69) is 0 Å². The highest BCUT2D eigenvalue weighted by atomic mass is 16.7. The van der Waals surface area contributed by atoms with Gasteiger partial charge in [-0.25, -0.2) is 0 Å². The molecule has 3 aliphatic rings. The molecule has 0 radical (unpaired) electrons. The monoisotopic (exact) mass is 411 g/mol. The largest absolute Gasteiger partial charge is 0.507 e. The lowest BCUT2D eigenvalue weighted by molar-refractivity contribution is -0.0232. The average molecular weight is 411 g/mol. The first kappa shape index (κ1) is 19.1. The lowest BCUT2D eigenvalue weighted by Crippen LogP contribution is -2.42. The van der Waals surface area contributed by atoms with Crippen LogP contribution in [-0.2, 0) is 0 Å². The number of nitrogens with zero attached hydrogens (tertiary/aromatic N) is 1. The number of phenols is 1. The van der Waals surface area contributed by atoms with E-state index >= 15 is 0 Å². The molecule has 1 saturated carbocycles. The summed E-state index contributed by atoms with van der Waals surface area (Å²) in [6.45, 7) is 3.29. The number of fused-ring (bicyclic) bond motifs is 2. The zero-order valence-electron chi connectivity index (χ0n) is 16.8. The van der Waals surface area contributed by atoms with Gasteiger partial charge in [-0.3, -0.25) is 4.79 Å². The molecule has 5 rings (SSSR count). The van der Waals surface area contributed by atoms with E-state index in [1.54, 1.807) is 35.2 Å². The molecule has 1 saturated heterocycles. The fourth-order valence-electron chi connectivity index (χ4n) is 4.80. The highest BCUT2D eigenvalue weighted by Gasteiger charge is 2.44. The number of hydrogen-bond acceptors (Lipinski definition) is 6. The van der Waals surface area contributed by atoms with Crippen molar-refractivity contribution in [3.63, 3.8) is 0 Å². The van der Waals surface area contributed by atoms with Gasteiger partial charge in [0, 0.05) is 19.2 Å². The van der Waals surface area contributed by atoms with Crippen LogP contribution in [0.4, 0.5) is 0 Å². The maximum absolute atomic E-state index is 13.0. The Bertz CT molecular complexity index is 976. The standard InChI is InChI=1S/C23H25NO6/c1-13-2-4-18(25)17(6-13)23(27)24-10-14-7-19(26)21(8-15(14)11-24)30-16-3-5-20-22(9-16)29-12-28-20/h2-6,9,14-15,19,21,25-26H,7-8,10-12H2,1H3/t14-,15+,19+,21+/m0/s1. The van der Waals surface area contributed by atoms with Crippen LogP contribution < -0.4 is 14.2 Å². The quantitative estimate of drug-likeness (QED) is 0.808. The van der Waals surface area contributed by atoms with E-state index in [-0.39, 0.29) is 36.4 Å². The highest BCUT2D eigenvalue weighted by molar-refractivity contribution is 5.97. The predicted molar refractivity (Wildman–Crippen MR) is 108 cm³/mol. The van der Waals surface area contributed by atoms with Crippen LogP contribution in [0.1, 0.15) is 28.8 Å². The number of amides is 1. The van der Waals surface area contributed by atoms with Crippen molar-refractivity contribution in [2.75, 3.05) is 19.9 Å². The molecular weight excluding hydrogens is 386 g/mol. The molecule has 4 atom stereocenters. The normalized spacial score (nSPS) is 27.1. The third-order valence-electron chi connectivity index (χ3n) is 6.39. The first-order valence-electron chi connectivity index (χ1n) is 10.3. The van der Waals surface area contributed by atoms with Gasteiger partial charge in [0.05, 0.1) is 11.7 Å². The molecule has 2 aliphatic heterocycles. The minimum atomic E-state index is -0.598. The molecule has 2 fully saturated rings. The fraction of sp³-hybridized carbons (Fsp3) is 0.435. The number of carbonyl (C=O) groups is 1. The van der Waals surface area contributed by atoms with Gasteiger partial charge in [-0.2, -0.15) is 0 Å². The third-order valence-corrected chi connectivity index (χ3v) is 6.39. The molecule has 2 heterocycles. The Morgan fingerprint density at radius 3 is 2.67 bits per heavy atom. The average Bonchev–Trinajstić information content (AvgIpc) is 3.35. The SMILES string of the molecule is Cc1ccc(O)c(C(=O)N2C[C@H]3C[C@@H](Oc4ccc5c(c4)OCO5)[C@H](O)C[C@H]3C2)c1. The van der Waals surface area contributed by atoms with Crippen LogP contribution in [0.5, 0.6) is 23.0 Å². The smallest absolute Gasteiger partial charge is 0.257 e. The number of carbonyl (C=O) groups excluding carboxylic acids is 1. The molecule has 30 heavy (non-hydrogen) atoms. The Morgan fingerprint density at radius 1 is 1.07 bits per heavy atom. The van der Waals surface area contributed by atoms with Crippen LogP contribution in [0, 0.1) is 18.8 Å². The number of aliphatic hydroxyl groups excluding tert-OH is 1. The first-order valence-corrected chi connectivity index (χ1v) is 10.3. The van der Waals surface area contributed by atoms with Gasteiger partial charge in [-0.1, -0.05) is 11.6 Å². The Labute approximate surface area is 174 Å². The van der Waals surface area contributed by atoms with Gasteiger partial charge in [0.1, 0.15) is 17.6 Å². The van der Waals surface area contributed by atoms with Crippen molar-refractivity contribution < 1.29 is 29.2 Å². The lowest BCUT2D eigenvalue weighted by Gasteiger charge is -2.35. The zero-order chi connectivity index (χ0) is 20.8. The van der Waals surface area contributed by atoms with Crippen molar-refractivity contribution in [1.29, 1.82) is 0 Å². The summed E-state index contributed by atoms with van der Waals surface area (Å²) < 4.78 is 16.8. The van der Waals surface area contributed by atoms with Gasteiger partial charge >= 0.3 is 0 Å². The molecule has 1 aliphatic carbocycles. The molecule has 0 spiro atoms. The van der Waals surface area contributed by atoms with Crippen LogP contribution >= 0.6 is 0 Å². The van der Waals surface area contributed by atoms with Crippen molar-refractivity contribution in [3.05, 3.63) is 47.5 Å². The Morgan fingerprint density at radius 2 is 1.83 bits per heavy atom. The van der Waals surface area contributed by atoms with E-state index in [0.29, 0.717) is 48.7 Å². The van der Waals surface area contributed by atoms with Crippen molar-refractivity contribution >= 4 is 5.91 Å². The molecule has 158 valence electrons. The lowest BCUT2D eigenvalue weighted by atomic mass is 9.78. The maximum atomic E-state index is 13.0. The topological polar surface area (TPSA) is 88.5 Å². The number of aryl methyl sites for hydroxylation is 1. The number of likely N-dealkylation sites (tertiary alicyclic amines) is 1. The second-order valence-electron chi connectivity index (χ2n) is 8.46. The summed E-state index contributed by atoms with van der Waals surface area (Å²) in [4.78, 5) is 14.8. The number of benzene rings is 2. The predicted octanol–water partition coefficient (Wildman–Crippen LogP) is 2.72. The molecule has 2 aromatic carbocycles. The summed E-state index contributed by atoms with van der Waals surface area (Å²) in [6, 6.07) is 10.5. The minimum Gasteiger partial charge on any atom is -0.507 e. The van der Waals surface area contributed by atoms with Crippen LogP contribution in [-0.4, -0.2) is 53.1 Å². The summed E-state index contributed by atoms with van der Waals surface area (Å²) in [5, 5.41) is 20.8. The zero-order valence-corrected chi connectivity index (χ0v) is 16.8. The van der Waals surface area contributed by atoms with Crippen molar-refractivity contribution in [3.8, 4) is 23.0 Å². The van der Waals surface area contributed by atoms with Gasteiger partial charge in [0.15, 0.2) is 11.5 Å². The van der Waals surface area contributed by atoms with Crippen LogP contribution in [0.2, 0.25) is 0 Å². The summed E-state index contributed by atoms with van der Waals surface area (Å²) >= 11 is 0. The number of rotatable bonds is 3. The highest BCUT2D eigenvalue weighted by Crippen LogP contribution is 2.40. The molecule has 7 nitrogen and oxygen atoms in total. The molecule has 7 heteroatoms. The van der Waals surface area contributed by atoms with Gasteiger partial charge in [0.25, 0.3) is 5.91 Å². The number of phenolic OH excluding ortho intramolecular Hbond substituents is 1. The molecule has 0 unspecified atom stereocenters. The minimum absolute atomic E-state index is 0.00419. The number of hydrogen-bond donors (Lipinski definition) is 2. The van der Waals surface area contributed by atoms with E-state index in [0.717, 1.165) is 5.56 Å². The van der Waals surface area contributed by atoms with Gasteiger partial charge in [0.2, 0.25) is 6.79 Å². The molecule has 0 bridgehead atoms. The van der Waals surface area contributed by atoms with Gasteiger partial charge in [-0.05, 0) is 55.9 Å². The summed E-state index contributed by atoms with van der Waals surface area (Å²) in [7, 11) is 0. The molecule has 0 aromatic heterocycles. The summed E-state index contributed by atoms with van der Waals surface area (Å²) in [5.74, 6) is 2.30. The Kier molecular flexibility index (Phi) is 4.70. The Hall–Kier alpha value is -2.93. The van der Waals surface area contributed by atoms with Gasteiger partial charge in [-0.15, -0.1) is 0 Å². The molecule has 1 amide bonds. The third kappa shape index (κ3) is 3.43. The molecular formula is C23H25NO6. The van der Waals surface area contributed by atoms with E-state index in [9.17, 15) is 15.0 Å². The van der Waals surface area contributed by atoms with Gasteiger partial charge < -0.3 is 29.3 Å². The van der Waals surface area contributed by atoms with E-state index in [1.807, 2.05) is 13.0 Å². The summed E-state index contributed by atoms with van der Waals surface area (Å²) in [5.41, 5.74) is 1.27. The van der Waals surface area contributed by atoms with E-state index in [4.69, 9.17) is 14.2 Å². The summed E-state index contributed by atoms with van der Waals surface area (Å²) in [6.07, 6.45) is 0.320. The Balaban J connectivity index is 1.27. The van der Waals surface area contributed by atoms with E-state index in [1.165, 1.54) is 0 Å². The number of ether oxygens (including phenoxy) is 3. The van der Waals surface area contributed by atoms with E-state index < -0.39 is 6.10 Å². The van der Waals surface area contributed by atoms with Crippen LogP contribution in [0.15, 0.2) is 36.4 Å². The van der Waals surface area contributed by atoms with Crippen LogP contribution in [0.25, 0.3) is 0 Å². The van der Waals surface area contributed by atoms with Crippen molar-refractivity contribution in [2.45, 2.75) is 32.0 Å². The van der Waals surface area contributed by atoms with Crippen LogP contribution in [0.3, 0.4) is 0 Å². The first-order chi connectivity index (χ1) is 14.5.